The summed E-state index contributed by atoms with van der Waals surface area (Å²) in [5, 5.41) is 3.51. The van der Waals surface area contributed by atoms with Crippen LogP contribution in [0.1, 0.15) is 44.2 Å². The van der Waals surface area contributed by atoms with Crippen molar-refractivity contribution in [2.24, 2.45) is 5.92 Å². The molecule has 18 heavy (non-hydrogen) atoms. The summed E-state index contributed by atoms with van der Waals surface area (Å²) < 4.78 is 5.90. The van der Waals surface area contributed by atoms with Crippen LogP contribution in [-0.2, 0) is 10.3 Å². The molecule has 0 bridgehead atoms. The molecule has 2 rings (SSSR count). The molecular formula is C16H25NO. The summed E-state index contributed by atoms with van der Waals surface area (Å²) in [5.74, 6) is 1.02. The number of rotatable bonds is 3. The second-order valence-corrected chi connectivity index (χ2v) is 5.52. The lowest BCUT2D eigenvalue weighted by atomic mass is 9.65. The number of hydrogen-bond donors (Lipinski definition) is 1. The summed E-state index contributed by atoms with van der Waals surface area (Å²) in [4.78, 5) is 0. The quantitative estimate of drug-likeness (QED) is 0.885. The zero-order chi connectivity index (χ0) is 13.3. The Morgan fingerprint density at radius 2 is 2.00 bits per heavy atom. The van der Waals surface area contributed by atoms with Crippen molar-refractivity contribution >= 4 is 0 Å². The average Bonchev–Trinajstić information content (AvgIpc) is 2.42. The second-order valence-electron chi connectivity index (χ2n) is 5.52. The predicted octanol–water partition coefficient (Wildman–Crippen LogP) is 3.28. The van der Waals surface area contributed by atoms with Gasteiger partial charge in [-0.05, 0) is 37.4 Å². The molecule has 2 heteroatoms. The Morgan fingerprint density at radius 1 is 1.33 bits per heavy atom. The summed E-state index contributed by atoms with van der Waals surface area (Å²) in [6.45, 7) is 6.78. The maximum atomic E-state index is 5.90. The van der Waals surface area contributed by atoms with Gasteiger partial charge in [0.05, 0.1) is 5.60 Å². The van der Waals surface area contributed by atoms with Crippen molar-refractivity contribution < 1.29 is 4.74 Å². The zero-order valence-electron chi connectivity index (χ0n) is 12.2. The lowest BCUT2D eigenvalue weighted by Gasteiger charge is -2.48. The van der Waals surface area contributed by atoms with E-state index in [4.69, 9.17) is 4.74 Å². The molecule has 0 aromatic heterocycles. The molecule has 0 fully saturated rings. The number of fused-ring (bicyclic) bond motifs is 1. The molecule has 1 N–H and O–H groups in total. The molecule has 0 saturated carbocycles. The first kappa shape index (κ1) is 13.6. The van der Waals surface area contributed by atoms with Gasteiger partial charge >= 0.3 is 0 Å². The molecule has 4 atom stereocenters. The van der Waals surface area contributed by atoms with Crippen LogP contribution < -0.4 is 5.32 Å². The number of benzene rings is 1. The molecule has 4 unspecified atom stereocenters. The normalized spacial score (nSPS) is 35.3. The van der Waals surface area contributed by atoms with Crippen LogP contribution in [-0.4, -0.2) is 20.2 Å². The molecule has 0 radical (unpaired) electrons. The fourth-order valence-electron chi connectivity index (χ4n) is 3.62. The van der Waals surface area contributed by atoms with Gasteiger partial charge in [-0.15, -0.1) is 0 Å². The molecule has 1 aliphatic carbocycles. The Balaban J connectivity index is 2.60. The van der Waals surface area contributed by atoms with Crippen LogP contribution in [0.15, 0.2) is 24.3 Å². The van der Waals surface area contributed by atoms with Crippen molar-refractivity contribution in [3.8, 4) is 0 Å². The zero-order valence-corrected chi connectivity index (χ0v) is 12.2. The smallest absolute Gasteiger partial charge is 0.0942 e. The van der Waals surface area contributed by atoms with E-state index in [1.54, 1.807) is 0 Å². The topological polar surface area (TPSA) is 21.3 Å². The first-order valence-corrected chi connectivity index (χ1v) is 6.92. The van der Waals surface area contributed by atoms with Crippen molar-refractivity contribution in [3.63, 3.8) is 0 Å². The van der Waals surface area contributed by atoms with E-state index in [0.29, 0.717) is 17.9 Å². The Hall–Kier alpha value is -0.860. The van der Waals surface area contributed by atoms with Crippen LogP contribution in [0, 0.1) is 5.92 Å². The molecule has 1 aromatic carbocycles. The molecule has 1 aromatic rings. The first-order chi connectivity index (χ1) is 8.60. The Bertz CT molecular complexity index is 417. The number of hydrogen-bond acceptors (Lipinski definition) is 2. The molecule has 0 spiro atoms. The van der Waals surface area contributed by atoms with Gasteiger partial charge in [-0.1, -0.05) is 38.1 Å². The van der Waals surface area contributed by atoms with Crippen LogP contribution in [0.2, 0.25) is 0 Å². The fraction of sp³-hybridized carbons (Fsp3) is 0.625. The van der Waals surface area contributed by atoms with Gasteiger partial charge in [0.1, 0.15) is 0 Å². The molecule has 0 aliphatic heterocycles. The number of nitrogens with one attached hydrogen (secondary N) is 1. The van der Waals surface area contributed by atoms with Crippen molar-refractivity contribution in [1.29, 1.82) is 0 Å². The first-order valence-electron chi connectivity index (χ1n) is 6.92. The van der Waals surface area contributed by atoms with Crippen molar-refractivity contribution in [2.75, 3.05) is 14.2 Å². The predicted molar refractivity (Wildman–Crippen MR) is 75.8 cm³/mol. The van der Waals surface area contributed by atoms with Gasteiger partial charge in [-0.3, -0.25) is 0 Å². The maximum Gasteiger partial charge on any atom is 0.0942 e. The molecule has 0 saturated heterocycles. The monoisotopic (exact) mass is 247 g/mol. The highest BCUT2D eigenvalue weighted by molar-refractivity contribution is 5.40. The van der Waals surface area contributed by atoms with E-state index in [-0.39, 0.29) is 5.60 Å². The van der Waals surface area contributed by atoms with E-state index < -0.39 is 0 Å². The van der Waals surface area contributed by atoms with Gasteiger partial charge in [-0.2, -0.15) is 0 Å². The second kappa shape index (κ2) is 5.02. The number of likely N-dealkylation sites (N-methyl/N-ethyl adjacent to an activating group) is 1. The number of methoxy groups -OCH3 is 1. The van der Waals surface area contributed by atoms with Crippen LogP contribution in [0.4, 0.5) is 0 Å². The Labute approximate surface area is 111 Å². The van der Waals surface area contributed by atoms with E-state index in [1.165, 1.54) is 11.1 Å². The van der Waals surface area contributed by atoms with Crippen molar-refractivity contribution in [3.05, 3.63) is 35.4 Å². The summed E-state index contributed by atoms with van der Waals surface area (Å²) in [7, 11) is 3.89. The largest absolute Gasteiger partial charge is 0.373 e. The van der Waals surface area contributed by atoms with Crippen LogP contribution in [0.25, 0.3) is 0 Å². The SMILES string of the molecule is CCC1c2ccccc2C(C)(OC)C(C)C1NC. The Morgan fingerprint density at radius 3 is 2.56 bits per heavy atom. The van der Waals surface area contributed by atoms with Gasteiger partial charge in [0.15, 0.2) is 0 Å². The summed E-state index contributed by atoms with van der Waals surface area (Å²) in [5.41, 5.74) is 2.61. The van der Waals surface area contributed by atoms with Crippen molar-refractivity contribution in [1.82, 2.24) is 5.32 Å². The van der Waals surface area contributed by atoms with E-state index in [0.717, 1.165) is 6.42 Å². The highest BCUT2D eigenvalue weighted by Crippen LogP contribution is 2.47. The molecule has 0 amide bonds. The number of ether oxygens (including phenoxy) is 1. The molecule has 0 heterocycles. The molecular weight excluding hydrogens is 222 g/mol. The van der Waals surface area contributed by atoms with Crippen molar-refractivity contribution in [2.45, 2.75) is 44.8 Å². The standard InChI is InChI=1S/C16H25NO/c1-6-12-13-9-7-8-10-14(13)16(3,18-5)11(2)15(12)17-4/h7-12,15,17H,6H2,1-5H3. The average molecular weight is 247 g/mol. The van der Waals surface area contributed by atoms with Crippen LogP contribution in [0.5, 0.6) is 0 Å². The van der Waals surface area contributed by atoms with Gasteiger partial charge in [0.25, 0.3) is 0 Å². The summed E-state index contributed by atoms with van der Waals surface area (Å²) in [6.07, 6.45) is 1.16. The third-order valence-electron chi connectivity index (χ3n) is 4.93. The molecule has 1 aliphatic rings. The van der Waals surface area contributed by atoms with Gasteiger partial charge in [0, 0.05) is 19.1 Å². The Kier molecular flexibility index (Phi) is 3.79. The van der Waals surface area contributed by atoms with Gasteiger partial charge < -0.3 is 10.1 Å². The minimum atomic E-state index is -0.198. The van der Waals surface area contributed by atoms with E-state index in [2.05, 4.69) is 57.4 Å². The minimum Gasteiger partial charge on any atom is -0.373 e. The molecule has 100 valence electrons. The molecule has 2 nitrogen and oxygen atoms in total. The minimum absolute atomic E-state index is 0.198. The van der Waals surface area contributed by atoms with Crippen LogP contribution in [0.3, 0.4) is 0 Å². The van der Waals surface area contributed by atoms with Gasteiger partial charge in [-0.25, -0.2) is 0 Å². The highest BCUT2D eigenvalue weighted by atomic mass is 16.5. The van der Waals surface area contributed by atoms with E-state index >= 15 is 0 Å². The van der Waals surface area contributed by atoms with Gasteiger partial charge in [0.2, 0.25) is 0 Å². The van der Waals surface area contributed by atoms with Crippen LogP contribution >= 0.6 is 0 Å². The third kappa shape index (κ3) is 1.79. The van der Waals surface area contributed by atoms with E-state index in [1.807, 2.05) is 7.11 Å². The fourth-order valence-corrected chi connectivity index (χ4v) is 3.62. The maximum absolute atomic E-state index is 5.90. The van der Waals surface area contributed by atoms with E-state index in [9.17, 15) is 0 Å². The summed E-state index contributed by atoms with van der Waals surface area (Å²) in [6, 6.07) is 9.21. The lowest BCUT2D eigenvalue weighted by molar-refractivity contribution is -0.0665. The third-order valence-corrected chi connectivity index (χ3v) is 4.93. The lowest BCUT2D eigenvalue weighted by Crippen LogP contribution is -2.52. The summed E-state index contributed by atoms with van der Waals surface area (Å²) >= 11 is 0. The highest BCUT2D eigenvalue weighted by Gasteiger charge is 2.46.